The molecule has 1 heterocycles. The number of ether oxygens (including phenoxy) is 1. The van der Waals surface area contributed by atoms with E-state index in [1.165, 1.54) is 11.1 Å². The molecule has 1 saturated heterocycles. The molecule has 100 valence electrons. The van der Waals surface area contributed by atoms with Crippen molar-refractivity contribution in [3.05, 3.63) is 35.4 Å². The molecular formula is C16H25NO. The van der Waals surface area contributed by atoms with E-state index >= 15 is 0 Å². The van der Waals surface area contributed by atoms with E-state index in [1.54, 1.807) is 0 Å². The van der Waals surface area contributed by atoms with Gasteiger partial charge in [0.15, 0.2) is 0 Å². The highest BCUT2D eigenvalue weighted by Gasteiger charge is 2.22. The number of rotatable bonds is 2. The van der Waals surface area contributed by atoms with Crippen molar-refractivity contribution in [2.45, 2.75) is 45.1 Å². The lowest BCUT2D eigenvalue weighted by molar-refractivity contribution is 0.0584. The van der Waals surface area contributed by atoms with Crippen molar-refractivity contribution in [1.29, 1.82) is 0 Å². The number of benzene rings is 1. The third-order valence-electron chi connectivity index (χ3n) is 3.94. The zero-order valence-corrected chi connectivity index (χ0v) is 11.8. The van der Waals surface area contributed by atoms with Crippen LogP contribution in [0.2, 0.25) is 0 Å². The van der Waals surface area contributed by atoms with Gasteiger partial charge in [0, 0.05) is 19.3 Å². The van der Waals surface area contributed by atoms with E-state index in [0.717, 1.165) is 26.1 Å². The maximum absolute atomic E-state index is 6.37. The summed E-state index contributed by atoms with van der Waals surface area (Å²) >= 11 is 0. The van der Waals surface area contributed by atoms with Gasteiger partial charge in [0.25, 0.3) is 0 Å². The van der Waals surface area contributed by atoms with Crippen LogP contribution >= 0.6 is 0 Å². The topological polar surface area (TPSA) is 35.2 Å². The molecule has 18 heavy (non-hydrogen) atoms. The standard InChI is InChI=1S/C16H25NO/c1-16(2,3)14-6-4-12(5-7-14)15(17)13-8-10-18-11-9-13/h4-7,13,15H,8-11,17H2,1-3H3/t15-/m1/s1. The van der Waals surface area contributed by atoms with Crippen LogP contribution < -0.4 is 5.73 Å². The van der Waals surface area contributed by atoms with Gasteiger partial charge in [-0.2, -0.15) is 0 Å². The van der Waals surface area contributed by atoms with E-state index < -0.39 is 0 Å². The molecule has 1 aromatic carbocycles. The van der Waals surface area contributed by atoms with Crippen molar-refractivity contribution in [2.24, 2.45) is 11.7 Å². The van der Waals surface area contributed by atoms with Crippen LogP contribution in [0.25, 0.3) is 0 Å². The molecule has 0 unspecified atom stereocenters. The van der Waals surface area contributed by atoms with E-state index in [4.69, 9.17) is 10.5 Å². The fourth-order valence-corrected chi connectivity index (χ4v) is 2.55. The highest BCUT2D eigenvalue weighted by Crippen LogP contribution is 2.29. The van der Waals surface area contributed by atoms with Crippen molar-refractivity contribution in [3.8, 4) is 0 Å². The minimum Gasteiger partial charge on any atom is -0.381 e. The summed E-state index contributed by atoms with van der Waals surface area (Å²) in [5.41, 5.74) is 9.21. The molecule has 2 rings (SSSR count). The SMILES string of the molecule is CC(C)(C)c1ccc([C@@H](N)C2CCOCC2)cc1. The molecule has 1 aliphatic rings. The molecule has 2 N–H and O–H groups in total. The summed E-state index contributed by atoms with van der Waals surface area (Å²) in [5, 5.41) is 0. The van der Waals surface area contributed by atoms with E-state index in [2.05, 4.69) is 45.0 Å². The van der Waals surface area contributed by atoms with E-state index in [9.17, 15) is 0 Å². The molecule has 0 amide bonds. The fourth-order valence-electron chi connectivity index (χ4n) is 2.55. The molecule has 1 aliphatic heterocycles. The summed E-state index contributed by atoms with van der Waals surface area (Å²) in [6.07, 6.45) is 2.17. The Morgan fingerprint density at radius 3 is 2.17 bits per heavy atom. The van der Waals surface area contributed by atoms with E-state index in [1.807, 2.05) is 0 Å². The molecule has 1 aromatic rings. The molecular weight excluding hydrogens is 222 g/mol. The van der Waals surface area contributed by atoms with Crippen LogP contribution in [0, 0.1) is 5.92 Å². The smallest absolute Gasteiger partial charge is 0.0469 e. The molecule has 1 atom stereocenters. The third-order valence-corrected chi connectivity index (χ3v) is 3.94. The maximum atomic E-state index is 6.37. The lowest BCUT2D eigenvalue weighted by Gasteiger charge is -2.28. The molecule has 0 aromatic heterocycles. The van der Waals surface area contributed by atoms with E-state index in [-0.39, 0.29) is 11.5 Å². The molecule has 1 fully saturated rings. The Kier molecular flexibility index (Phi) is 4.08. The molecule has 2 heteroatoms. The van der Waals surface area contributed by atoms with Gasteiger partial charge in [-0.15, -0.1) is 0 Å². The van der Waals surface area contributed by atoms with Crippen LogP contribution in [0.5, 0.6) is 0 Å². The highest BCUT2D eigenvalue weighted by atomic mass is 16.5. The van der Waals surface area contributed by atoms with Crippen LogP contribution in [0.1, 0.15) is 50.8 Å². The van der Waals surface area contributed by atoms with Gasteiger partial charge in [0.05, 0.1) is 0 Å². The normalized spacial score (nSPS) is 19.8. The highest BCUT2D eigenvalue weighted by molar-refractivity contribution is 5.29. The first kappa shape index (κ1) is 13.6. The second kappa shape index (κ2) is 5.41. The largest absolute Gasteiger partial charge is 0.381 e. The Morgan fingerprint density at radius 1 is 1.11 bits per heavy atom. The average molecular weight is 247 g/mol. The fraction of sp³-hybridized carbons (Fsp3) is 0.625. The van der Waals surface area contributed by atoms with Crippen molar-refractivity contribution < 1.29 is 4.74 Å². The van der Waals surface area contributed by atoms with Gasteiger partial charge in [-0.3, -0.25) is 0 Å². The monoisotopic (exact) mass is 247 g/mol. The van der Waals surface area contributed by atoms with Crippen LogP contribution in [-0.2, 0) is 10.2 Å². The first-order valence-corrected chi connectivity index (χ1v) is 6.92. The van der Waals surface area contributed by atoms with Gasteiger partial charge in [0.1, 0.15) is 0 Å². The van der Waals surface area contributed by atoms with Crippen molar-refractivity contribution in [3.63, 3.8) is 0 Å². The summed E-state index contributed by atoms with van der Waals surface area (Å²) < 4.78 is 5.39. The van der Waals surface area contributed by atoms with Gasteiger partial charge in [0.2, 0.25) is 0 Å². The molecule has 0 spiro atoms. The van der Waals surface area contributed by atoms with Crippen LogP contribution in [0.4, 0.5) is 0 Å². The number of hydrogen-bond donors (Lipinski definition) is 1. The number of nitrogens with two attached hydrogens (primary N) is 1. The second-order valence-electron chi connectivity index (χ2n) is 6.35. The van der Waals surface area contributed by atoms with Crippen LogP contribution in [0.3, 0.4) is 0 Å². The summed E-state index contributed by atoms with van der Waals surface area (Å²) in [6, 6.07) is 8.98. The maximum Gasteiger partial charge on any atom is 0.0469 e. The lowest BCUT2D eigenvalue weighted by atomic mass is 9.84. The molecule has 2 nitrogen and oxygen atoms in total. The van der Waals surface area contributed by atoms with Gasteiger partial charge in [-0.1, -0.05) is 45.0 Å². The Labute approximate surface area is 111 Å². The average Bonchev–Trinajstić information content (AvgIpc) is 2.38. The van der Waals surface area contributed by atoms with Gasteiger partial charge in [-0.05, 0) is 35.3 Å². The summed E-state index contributed by atoms with van der Waals surface area (Å²) in [6.45, 7) is 8.43. The third kappa shape index (κ3) is 3.12. The number of hydrogen-bond acceptors (Lipinski definition) is 2. The van der Waals surface area contributed by atoms with Gasteiger partial charge < -0.3 is 10.5 Å². The van der Waals surface area contributed by atoms with Crippen molar-refractivity contribution >= 4 is 0 Å². The van der Waals surface area contributed by atoms with Gasteiger partial charge >= 0.3 is 0 Å². The zero-order chi connectivity index (χ0) is 13.2. The quantitative estimate of drug-likeness (QED) is 0.869. The lowest BCUT2D eigenvalue weighted by Crippen LogP contribution is -2.27. The van der Waals surface area contributed by atoms with Crippen molar-refractivity contribution in [1.82, 2.24) is 0 Å². The minimum atomic E-state index is 0.155. The van der Waals surface area contributed by atoms with E-state index in [0.29, 0.717) is 5.92 Å². The van der Waals surface area contributed by atoms with Crippen molar-refractivity contribution in [2.75, 3.05) is 13.2 Å². The predicted octanol–water partition coefficient (Wildman–Crippen LogP) is 3.41. The van der Waals surface area contributed by atoms with Crippen LogP contribution in [-0.4, -0.2) is 13.2 Å². The Balaban J connectivity index is 2.09. The molecule has 0 radical (unpaired) electrons. The summed E-state index contributed by atoms with van der Waals surface area (Å²) in [4.78, 5) is 0. The van der Waals surface area contributed by atoms with Gasteiger partial charge in [-0.25, -0.2) is 0 Å². The summed E-state index contributed by atoms with van der Waals surface area (Å²) in [7, 11) is 0. The first-order chi connectivity index (χ1) is 8.48. The Morgan fingerprint density at radius 2 is 1.67 bits per heavy atom. The molecule has 0 bridgehead atoms. The van der Waals surface area contributed by atoms with Crippen LogP contribution in [0.15, 0.2) is 24.3 Å². The Hall–Kier alpha value is -0.860. The Bertz CT molecular complexity index is 371. The second-order valence-corrected chi connectivity index (χ2v) is 6.35. The molecule has 0 aliphatic carbocycles. The predicted molar refractivity (Wildman–Crippen MR) is 75.6 cm³/mol. The first-order valence-electron chi connectivity index (χ1n) is 6.92. The minimum absolute atomic E-state index is 0.155. The summed E-state index contributed by atoms with van der Waals surface area (Å²) in [5.74, 6) is 0.569. The zero-order valence-electron chi connectivity index (χ0n) is 11.8. The molecule has 0 saturated carbocycles.